The fraction of sp³-hybridized carbons (Fsp3) is 0.250. The van der Waals surface area contributed by atoms with Gasteiger partial charge in [-0.2, -0.15) is 0 Å². The molecule has 2 aliphatic heterocycles. The van der Waals surface area contributed by atoms with E-state index in [0.29, 0.717) is 89.4 Å². The van der Waals surface area contributed by atoms with Gasteiger partial charge in [-0.3, -0.25) is 33.7 Å². The Morgan fingerprint density at radius 3 is 2.45 bits per heavy atom. The maximum atomic E-state index is 15.6. The van der Waals surface area contributed by atoms with Crippen molar-refractivity contribution >= 4 is 76.6 Å². The molecule has 1 unspecified atom stereocenters. The summed E-state index contributed by atoms with van der Waals surface area (Å²) in [7, 11) is 1.45. The molecule has 0 bridgehead atoms. The molecule has 0 spiro atoms. The summed E-state index contributed by atoms with van der Waals surface area (Å²) in [5, 5.41) is 13.9. The van der Waals surface area contributed by atoms with Gasteiger partial charge in [-0.15, -0.1) is 0 Å². The number of amides is 6. The van der Waals surface area contributed by atoms with Crippen LogP contribution in [-0.2, 0) is 25.6 Å². The van der Waals surface area contributed by atoms with Crippen LogP contribution in [0.3, 0.4) is 0 Å². The van der Waals surface area contributed by atoms with Crippen molar-refractivity contribution in [3.8, 4) is 22.3 Å². The van der Waals surface area contributed by atoms with Gasteiger partial charge in [0.05, 0.1) is 23.7 Å². The van der Waals surface area contributed by atoms with Crippen molar-refractivity contribution in [1.82, 2.24) is 25.8 Å². The molecule has 6 amide bonds. The van der Waals surface area contributed by atoms with Crippen molar-refractivity contribution in [3.63, 3.8) is 0 Å². The van der Waals surface area contributed by atoms with Gasteiger partial charge >= 0.3 is 0 Å². The minimum Gasteiger partial charge on any atom is -0.383 e. The molecule has 0 radical (unpaired) electrons. The summed E-state index contributed by atoms with van der Waals surface area (Å²) in [4.78, 5) is 93.2. The highest BCUT2D eigenvalue weighted by Crippen LogP contribution is 2.35. The number of imide groups is 1. The number of carbonyl (C=O) groups excluding carboxylic acids is 7. The molecule has 16 nitrogen and oxygen atoms in total. The first kappa shape index (κ1) is 46.4. The highest BCUT2D eigenvalue weighted by molar-refractivity contribution is 8.00. The van der Waals surface area contributed by atoms with E-state index in [2.05, 4.69) is 36.3 Å². The van der Waals surface area contributed by atoms with E-state index < -0.39 is 23.7 Å². The number of fused-ring (bicyclic) bond motifs is 2. The van der Waals surface area contributed by atoms with E-state index in [1.54, 1.807) is 54.6 Å². The minimum absolute atomic E-state index is 0.0174. The Labute approximate surface area is 384 Å². The number of anilines is 4. The van der Waals surface area contributed by atoms with E-state index in [4.69, 9.17) is 5.73 Å². The summed E-state index contributed by atoms with van der Waals surface area (Å²) in [6.07, 6.45) is 4.81. The number of aromatic nitrogens is 1. The van der Waals surface area contributed by atoms with E-state index in [0.717, 1.165) is 16.0 Å². The van der Waals surface area contributed by atoms with Crippen LogP contribution >= 0.6 is 11.9 Å². The van der Waals surface area contributed by atoms with Crippen molar-refractivity contribution in [2.24, 2.45) is 0 Å². The van der Waals surface area contributed by atoms with E-state index in [-0.39, 0.29) is 66.3 Å². The number of hydrogen-bond acceptors (Lipinski definition) is 12. The Hall–Kier alpha value is -7.60. The molecule has 0 fully saturated rings. The summed E-state index contributed by atoms with van der Waals surface area (Å²) in [6, 6.07) is 22.9. The first-order valence-electron chi connectivity index (χ1n) is 21.4. The summed E-state index contributed by atoms with van der Waals surface area (Å²) in [5.41, 5.74) is 11.9. The number of aldehydes is 1. The zero-order valence-corrected chi connectivity index (χ0v) is 36.8. The molecular weight excluding hydrogens is 866 g/mol. The molecule has 1 atom stereocenters. The standard InChI is InChI=1S/C48H48FN9O7S/c1-51-41(60)17-13-33(27-59)58-47(64)37-9-6-10-40(44(37)48(58)65)54-26-43(62)52-19-4-2-3-11-42(61)56-31-7-5-8-32(23-31)57-66-34-14-16-35(39(49)24-34)30-22-38(45(50)55-25-30)28-12-15-36-29(21-28)18-20-53-46(36)63/h5-10,12,14-16,21-25,27,33,54,57H,2-4,11,13,17-20,26H2,1H3,(H2,50,55)(H,51,60)(H,52,62)(H,53,63)(H,56,61). The molecule has 2 aliphatic rings. The Morgan fingerprint density at radius 1 is 0.848 bits per heavy atom. The van der Waals surface area contributed by atoms with E-state index in [1.807, 2.05) is 18.2 Å². The molecule has 66 heavy (non-hydrogen) atoms. The van der Waals surface area contributed by atoms with Gasteiger partial charge in [0.15, 0.2) is 0 Å². The van der Waals surface area contributed by atoms with Crippen molar-refractivity contribution < 1.29 is 38.0 Å². The number of pyridine rings is 1. The number of rotatable bonds is 20. The second-order valence-electron chi connectivity index (χ2n) is 15.6. The smallest absolute Gasteiger partial charge is 0.264 e. The number of unbranched alkanes of at least 4 members (excludes halogenated alkanes) is 2. The number of benzene rings is 4. The van der Waals surface area contributed by atoms with Gasteiger partial charge in [0, 0.05) is 83.4 Å². The van der Waals surface area contributed by atoms with Gasteiger partial charge in [-0.05, 0) is 103 Å². The first-order chi connectivity index (χ1) is 31.9. The van der Waals surface area contributed by atoms with Crippen LogP contribution in [0.1, 0.15) is 75.2 Å². The number of nitrogen functional groups attached to an aromatic ring is 1. The molecule has 4 aromatic carbocycles. The predicted octanol–water partition coefficient (Wildman–Crippen LogP) is 5.96. The molecule has 0 saturated heterocycles. The van der Waals surface area contributed by atoms with Crippen molar-refractivity contribution in [2.45, 2.75) is 55.9 Å². The molecule has 18 heteroatoms. The Bertz CT molecular complexity index is 2720. The molecule has 8 N–H and O–H groups in total. The molecule has 0 aliphatic carbocycles. The quantitative estimate of drug-likeness (QED) is 0.0208. The molecular formula is C48H48FN9O7S. The van der Waals surface area contributed by atoms with Crippen LogP contribution < -0.4 is 37.0 Å². The fourth-order valence-electron chi connectivity index (χ4n) is 7.71. The molecule has 7 rings (SSSR count). The number of nitrogens with zero attached hydrogens (tertiary/aromatic N) is 2. The lowest BCUT2D eigenvalue weighted by Crippen LogP contribution is -2.41. The number of carbonyl (C=O) groups is 7. The molecule has 0 saturated carbocycles. The predicted molar refractivity (Wildman–Crippen MR) is 250 cm³/mol. The number of nitrogens with two attached hydrogens (primary N) is 1. The fourth-order valence-corrected chi connectivity index (χ4v) is 8.37. The zero-order valence-electron chi connectivity index (χ0n) is 36.0. The SMILES string of the molecule is CNC(=O)CCC(C=O)N1C(=O)c2cccc(NCC(=O)NCCCCCC(=O)Nc3cccc(NSc4ccc(-c5cnc(N)c(-c6ccc7c(c6)CCNC7=O)c5)c(F)c4)c3)c2C1=O. The topological polar surface area (TPSA) is 234 Å². The lowest BCUT2D eigenvalue weighted by molar-refractivity contribution is -0.121. The number of nitrogens with one attached hydrogen (secondary N) is 6. The van der Waals surface area contributed by atoms with Crippen LogP contribution in [0.4, 0.5) is 27.3 Å². The molecule has 5 aromatic rings. The van der Waals surface area contributed by atoms with Gasteiger partial charge in [0.25, 0.3) is 17.7 Å². The summed E-state index contributed by atoms with van der Waals surface area (Å²) in [6.45, 7) is 0.751. The third-order valence-electron chi connectivity index (χ3n) is 11.2. The third kappa shape index (κ3) is 11.0. The maximum Gasteiger partial charge on any atom is 0.264 e. The van der Waals surface area contributed by atoms with E-state index in [1.165, 1.54) is 37.3 Å². The number of halogens is 1. The Morgan fingerprint density at radius 2 is 1.65 bits per heavy atom. The van der Waals surface area contributed by atoms with Gasteiger partial charge in [0.2, 0.25) is 17.7 Å². The highest BCUT2D eigenvalue weighted by Gasteiger charge is 2.41. The van der Waals surface area contributed by atoms with Gasteiger partial charge in [0.1, 0.15) is 17.9 Å². The van der Waals surface area contributed by atoms with Gasteiger partial charge in [-0.25, -0.2) is 9.37 Å². The average Bonchev–Trinajstić information content (AvgIpc) is 3.57. The largest absolute Gasteiger partial charge is 0.383 e. The lowest BCUT2D eigenvalue weighted by Gasteiger charge is -2.21. The minimum atomic E-state index is -1.11. The first-order valence-corrected chi connectivity index (χ1v) is 22.2. The third-order valence-corrected chi connectivity index (χ3v) is 12.0. The highest BCUT2D eigenvalue weighted by atomic mass is 32.2. The van der Waals surface area contributed by atoms with Crippen LogP contribution in [-0.4, -0.2) is 84.3 Å². The van der Waals surface area contributed by atoms with E-state index in [9.17, 15) is 33.6 Å². The van der Waals surface area contributed by atoms with Gasteiger partial charge in [-0.1, -0.05) is 36.8 Å². The second kappa shape index (κ2) is 21.4. The van der Waals surface area contributed by atoms with Crippen molar-refractivity contribution in [2.75, 3.05) is 47.8 Å². The molecule has 340 valence electrons. The van der Waals surface area contributed by atoms with Gasteiger partial charge < -0.3 is 41.8 Å². The zero-order chi connectivity index (χ0) is 46.7. The average molecular weight is 914 g/mol. The normalized spacial score (nSPS) is 13.2. The number of hydrogen-bond donors (Lipinski definition) is 7. The maximum absolute atomic E-state index is 15.6. The Balaban J connectivity index is 0.819. The Kier molecular flexibility index (Phi) is 15.0. The van der Waals surface area contributed by atoms with Crippen LogP contribution in [0.25, 0.3) is 22.3 Å². The van der Waals surface area contributed by atoms with Crippen molar-refractivity contribution in [3.05, 3.63) is 119 Å². The van der Waals surface area contributed by atoms with Crippen LogP contribution in [0.5, 0.6) is 0 Å². The molecule has 3 heterocycles. The van der Waals surface area contributed by atoms with Crippen LogP contribution in [0, 0.1) is 5.82 Å². The van der Waals surface area contributed by atoms with E-state index >= 15 is 4.39 Å². The van der Waals surface area contributed by atoms with Crippen LogP contribution in [0.2, 0.25) is 0 Å². The monoisotopic (exact) mass is 913 g/mol. The summed E-state index contributed by atoms with van der Waals surface area (Å²) in [5.74, 6) is -2.40. The second-order valence-corrected chi connectivity index (χ2v) is 16.5. The lowest BCUT2D eigenvalue weighted by atomic mass is 9.94. The summed E-state index contributed by atoms with van der Waals surface area (Å²) < 4.78 is 18.8. The summed E-state index contributed by atoms with van der Waals surface area (Å²) >= 11 is 1.22. The van der Waals surface area contributed by atoms with Crippen molar-refractivity contribution in [1.29, 1.82) is 0 Å². The van der Waals surface area contributed by atoms with Crippen LogP contribution in [0.15, 0.2) is 96.0 Å². The molecule has 1 aromatic heterocycles.